The van der Waals surface area contributed by atoms with E-state index in [0.29, 0.717) is 0 Å². The Morgan fingerprint density at radius 3 is 0.710 bits per heavy atom. The van der Waals surface area contributed by atoms with Crippen molar-refractivity contribution in [3.8, 4) is 89.8 Å². The summed E-state index contributed by atoms with van der Waals surface area (Å²) in [5, 5.41) is 9.24. The molecule has 644 valence electrons. The number of benzene rings is 18. The van der Waals surface area contributed by atoms with Crippen LogP contribution in [-0.2, 0) is 0 Å². The minimum Gasteiger partial charge on any atom is -0.309 e. The molecular formula is C127H81N11. The van der Waals surface area contributed by atoms with Crippen LogP contribution >= 0.6 is 0 Å². The van der Waals surface area contributed by atoms with Crippen LogP contribution in [0.2, 0.25) is 0 Å². The zero-order valence-corrected chi connectivity index (χ0v) is 74.7. The highest BCUT2D eigenvalue weighted by Gasteiger charge is 2.25. The lowest BCUT2D eigenvalue weighted by Crippen LogP contribution is -1.96. The molecule has 18 aromatic carbocycles. The number of fused-ring (bicyclic) bond motifs is 21. The van der Waals surface area contributed by atoms with Crippen molar-refractivity contribution in [3.05, 3.63) is 491 Å². The molecule has 11 nitrogen and oxygen atoms in total. The third-order valence-corrected chi connectivity index (χ3v) is 27.4. The molecule has 0 saturated carbocycles. The van der Waals surface area contributed by atoms with E-state index >= 15 is 0 Å². The summed E-state index contributed by atoms with van der Waals surface area (Å²) >= 11 is 0. The molecule has 11 heterocycles. The molecule has 0 aliphatic heterocycles. The molecule has 0 amide bonds. The Labute approximate surface area is 792 Å². The molecule has 0 unspecified atom stereocenters. The van der Waals surface area contributed by atoms with E-state index in [1.165, 1.54) is 71.9 Å². The van der Waals surface area contributed by atoms with Gasteiger partial charge in [-0.2, -0.15) is 0 Å². The van der Waals surface area contributed by atoms with Crippen molar-refractivity contribution in [1.29, 1.82) is 0 Å². The summed E-state index contributed by atoms with van der Waals surface area (Å²) < 4.78 is 14.0. The maximum atomic E-state index is 5.43. The first-order valence-corrected chi connectivity index (χ1v) is 46.8. The number of nitrogens with zero attached hydrogens (tertiary/aromatic N) is 11. The number of aromatic nitrogens is 11. The molecule has 11 aromatic heterocycles. The van der Waals surface area contributed by atoms with Gasteiger partial charge >= 0.3 is 0 Å². The van der Waals surface area contributed by atoms with Gasteiger partial charge in [-0.1, -0.05) is 334 Å². The molecule has 0 bridgehead atoms. The average molecular weight is 1760 g/mol. The summed E-state index contributed by atoms with van der Waals surface area (Å²) in [5.41, 5.74) is 41.3. The minimum absolute atomic E-state index is 0.876. The second kappa shape index (κ2) is 32.6. The van der Waals surface area contributed by atoms with Gasteiger partial charge in [-0.25, -0.2) is 24.9 Å². The molecular weight excluding hydrogens is 1680 g/mol. The van der Waals surface area contributed by atoms with Crippen LogP contribution in [0.3, 0.4) is 0 Å². The predicted molar refractivity (Wildman–Crippen MR) is 574 cm³/mol. The van der Waals surface area contributed by atoms with Crippen molar-refractivity contribution in [2.24, 2.45) is 0 Å². The molecule has 29 aromatic rings. The number of hydrogen-bond donors (Lipinski definition) is 0. The smallest absolute Gasteiger partial charge is 0.0972 e. The Kier molecular flexibility index (Phi) is 18.7. The van der Waals surface area contributed by atoms with Gasteiger partial charge in [0.25, 0.3) is 0 Å². The maximum Gasteiger partial charge on any atom is 0.0972 e. The SMILES string of the molecule is c1ccc(-c2cc(-c3ccccc3)cc(-n3c4ccccc4c4nc5cc6c(cc5cc43)c3ccccc3n6-c3ccccc3)c2)cc1.c1ccc(-c2ccc(-n3c4ccccc4c4nc5cc6c(nc5cc43)c3ccccc3n6-c3cccc(-c4ccccc4)c3)cc2)cc1.c1ccc(-c2ccc(-n3c4ccccc4c4nc5cc6c(nc5cc43)c3ccccc3n6-c3ccccc3)cc2)cc1. The Balaban J connectivity index is 0.000000105. The lowest BCUT2D eigenvalue weighted by molar-refractivity contribution is 1.17. The van der Waals surface area contributed by atoms with E-state index in [9.17, 15) is 0 Å². The van der Waals surface area contributed by atoms with Crippen molar-refractivity contribution < 1.29 is 0 Å². The van der Waals surface area contributed by atoms with Crippen LogP contribution in [-0.4, -0.2) is 52.3 Å². The fourth-order valence-electron chi connectivity index (χ4n) is 21.1. The fourth-order valence-corrected chi connectivity index (χ4v) is 21.1. The van der Waals surface area contributed by atoms with Gasteiger partial charge in [-0.3, -0.25) is 0 Å². The summed E-state index contributed by atoms with van der Waals surface area (Å²) in [6.07, 6.45) is 0. The maximum absolute atomic E-state index is 5.43. The zero-order chi connectivity index (χ0) is 90.8. The van der Waals surface area contributed by atoms with Gasteiger partial charge in [-0.15, -0.1) is 0 Å². The van der Waals surface area contributed by atoms with Crippen LogP contribution in [0.4, 0.5) is 0 Å². The highest BCUT2D eigenvalue weighted by atomic mass is 15.1. The monoisotopic (exact) mass is 1760 g/mol. The van der Waals surface area contributed by atoms with Crippen LogP contribution in [0.1, 0.15) is 0 Å². The zero-order valence-electron chi connectivity index (χ0n) is 74.7. The first kappa shape index (κ1) is 79.1. The highest BCUT2D eigenvalue weighted by molar-refractivity contribution is 6.19. The fraction of sp³-hybridized carbons (Fsp3) is 0. The lowest BCUT2D eigenvalue weighted by atomic mass is 9.98. The molecule has 0 atom stereocenters. The molecule has 0 spiro atoms. The second-order valence-corrected chi connectivity index (χ2v) is 35.4. The van der Waals surface area contributed by atoms with Gasteiger partial charge in [-0.05, 0) is 213 Å². The normalized spacial score (nSPS) is 11.8. The standard InChI is InChI=1S/C45H29N3.C44H28N4.C38H24N4/c1-4-14-30(15-5-1)32-24-33(31-16-6-2-7-17-31)26-36(25-32)48-42-23-13-11-21-38(42)45-44(48)28-34-27-39-37-20-10-12-22-41(37)47(35-18-8-3-9-19-35)43(39)29-40(34)46-45;1-3-12-29(13-4-1)31-22-24-33(25-23-31)47-39-20-9-7-18-35(39)43-41(47)27-37-38(45-43)28-42-44(46-37)36-19-8-10-21-40(36)48(42)34-17-11-16-32(26-34)30-14-5-2-6-15-30;1-3-11-25(12-4-1)26-19-21-28(22-20-26)42-34-18-10-8-16-30(34)38-36(42)24-32-31(40-38)23-35-37(39-32)29-15-7-9-17-33(29)41(35)27-13-5-2-6-14-27/h1-29H;1-28H;1-24H. The third kappa shape index (κ3) is 13.3. The van der Waals surface area contributed by atoms with E-state index in [-0.39, 0.29) is 0 Å². The number of hydrogen-bond acceptors (Lipinski definition) is 5. The van der Waals surface area contributed by atoms with Crippen molar-refractivity contribution in [2.75, 3.05) is 0 Å². The van der Waals surface area contributed by atoms with Gasteiger partial charge in [0.1, 0.15) is 0 Å². The summed E-state index contributed by atoms with van der Waals surface area (Å²) in [5.74, 6) is 0. The molecule has 0 fully saturated rings. The minimum atomic E-state index is 0.876. The van der Waals surface area contributed by atoms with E-state index in [1.54, 1.807) is 0 Å². The summed E-state index contributed by atoms with van der Waals surface area (Å²) in [6, 6.07) is 174. The third-order valence-electron chi connectivity index (χ3n) is 27.4. The van der Waals surface area contributed by atoms with Crippen molar-refractivity contribution in [1.82, 2.24) is 52.3 Å². The van der Waals surface area contributed by atoms with E-state index < -0.39 is 0 Å². The first-order chi connectivity index (χ1) is 68.4. The molecule has 0 aliphatic carbocycles. The summed E-state index contributed by atoms with van der Waals surface area (Å²) in [4.78, 5) is 26.7. The average Bonchev–Trinajstić information content (AvgIpc) is 1.57. The van der Waals surface area contributed by atoms with Gasteiger partial charge in [0.05, 0.1) is 121 Å². The van der Waals surface area contributed by atoms with Crippen molar-refractivity contribution >= 4 is 164 Å². The van der Waals surface area contributed by atoms with Gasteiger partial charge in [0.2, 0.25) is 0 Å². The van der Waals surface area contributed by atoms with Crippen molar-refractivity contribution in [3.63, 3.8) is 0 Å². The highest BCUT2D eigenvalue weighted by Crippen LogP contribution is 2.45. The van der Waals surface area contributed by atoms with Gasteiger partial charge in [0.15, 0.2) is 0 Å². The topological polar surface area (TPSA) is 94.0 Å². The molecule has 0 N–H and O–H groups in total. The Morgan fingerprint density at radius 1 is 0.116 bits per heavy atom. The summed E-state index contributed by atoms with van der Waals surface area (Å²) in [6.45, 7) is 0. The van der Waals surface area contributed by atoms with Crippen LogP contribution in [0, 0.1) is 0 Å². The Bertz CT molecular complexity index is 9800. The van der Waals surface area contributed by atoms with Gasteiger partial charge in [0, 0.05) is 77.2 Å². The van der Waals surface area contributed by atoms with Crippen LogP contribution in [0.15, 0.2) is 491 Å². The van der Waals surface area contributed by atoms with Crippen molar-refractivity contribution in [2.45, 2.75) is 0 Å². The number of rotatable bonds is 11. The summed E-state index contributed by atoms with van der Waals surface area (Å²) in [7, 11) is 0. The number of pyridine rings is 5. The van der Waals surface area contributed by atoms with E-state index in [0.717, 1.165) is 182 Å². The first-order valence-electron chi connectivity index (χ1n) is 46.8. The Hall–Kier alpha value is -18.7. The lowest BCUT2D eigenvalue weighted by Gasteiger charge is -2.14. The largest absolute Gasteiger partial charge is 0.309 e. The molecule has 0 aliphatic rings. The molecule has 0 radical (unpaired) electrons. The van der Waals surface area contributed by atoms with Crippen LogP contribution in [0.5, 0.6) is 0 Å². The van der Waals surface area contributed by atoms with Gasteiger partial charge < -0.3 is 27.4 Å². The predicted octanol–water partition coefficient (Wildman–Crippen LogP) is 32.4. The second-order valence-electron chi connectivity index (χ2n) is 35.4. The van der Waals surface area contributed by atoms with Crippen LogP contribution < -0.4 is 0 Å². The van der Waals surface area contributed by atoms with E-state index in [1.807, 2.05) is 6.07 Å². The number of para-hydroxylation sites is 8. The quantitative estimate of drug-likeness (QED) is 0.129. The van der Waals surface area contributed by atoms with Crippen LogP contribution in [0.25, 0.3) is 254 Å². The molecule has 11 heteroatoms. The Morgan fingerprint density at radius 2 is 0.348 bits per heavy atom. The molecule has 138 heavy (non-hydrogen) atoms. The van der Waals surface area contributed by atoms with E-state index in [2.05, 4.69) is 513 Å². The molecule has 29 rings (SSSR count). The molecule has 0 saturated heterocycles. The van der Waals surface area contributed by atoms with E-state index in [4.69, 9.17) is 24.9 Å².